The van der Waals surface area contributed by atoms with Gasteiger partial charge in [0, 0.05) is 12.6 Å². The standard InChI is InChI=1S/C15H19N5O.ClH/c1-11-7-8-16-9-13(11)18-15(21)14-10-17-20(19-14)12-5-3-2-4-6-12;/h2-6,10-11,13,16H,7-9H2,1H3,(H,18,21);1H. The maximum absolute atomic E-state index is 12.2. The number of aromatic nitrogens is 3. The molecule has 0 radical (unpaired) electrons. The van der Waals surface area contributed by atoms with Crippen LogP contribution in [0.25, 0.3) is 5.69 Å². The van der Waals surface area contributed by atoms with Crippen LogP contribution in [0.4, 0.5) is 0 Å². The second kappa shape index (κ2) is 7.38. The van der Waals surface area contributed by atoms with Crippen molar-refractivity contribution < 1.29 is 4.79 Å². The third-order valence-corrected chi connectivity index (χ3v) is 3.86. The van der Waals surface area contributed by atoms with Crippen molar-refractivity contribution in [2.75, 3.05) is 13.1 Å². The van der Waals surface area contributed by atoms with Gasteiger partial charge < -0.3 is 10.6 Å². The summed E-state index contributed by atoms with van der Waals surface area (Å²) in [5, 5.41) is 14.7. The van der Waals surface area contributed by atoms with Gasteiger partial charge in [-0.2, -0.15) is 9.90 Å². The fourth-order valence-corrected chi connectivity index (χ4v) is 2.48. The summed E-state index contributed by atoms with van der Waals surface area (Å²) >= 11 is 0. The molecular formula is C15H20ClN5O. The first-order chi connectivity index (χ1) is 10.2. The Hall–Kier alpha value is -1.92. The molecule has 7 heteroatoms. The number of carbonyl (C=O) groups is 1. The van der Waals surface area contributed by atoms with Gasteiger partial charge in [-0.1, -0.05) is 25.1 Å². The summed E-state index contributed by atoms with van der Waals surface area (Å²) in [5.41, 5.74) is 1.18. The lowest BCUT2D eigenvalue weighted by molar-refractivity contribution is 0.0909. The molecule has 0 bridgehead atoms. The molecule has 2 N–H and O–H groups in total. The SMILES string of the molecule is CC1CCNCC1NC(=O)c1cnn(-c2ccccc2)n1.Cl. The predicted octanol–water partition coefficient (Wildman–Crippen LogP) is 1.42. The van der Waals surface area contributed by atoms with E-state index in [2.05, 4.69) is 27.8 Å². The summed E-state index contributed by atoms with van der Waals surface area (Å²) in [4.78, 5) is 13.7. The average Bonchev–Trinajstić information content (AvgIpc) is 3.00. The number of halogens is 1. The van der Waals surface area contributed by atoms with Crippen molar-refractivity contribution in [1.29, 1.82) is 0 Å². The number of benzene rings is 1. The van der Waals surface area contributed by atoms with E-state index in [0.717, 1.165) is 25.2 Å². The van der Waals surface area contributed by atoms with Gasteiger partial charge in [0.25, 0.3) is 5.91 Å². The molecule has 1 aromatic heterocycles. The molecule has 0 saturated carbocycles. The lowest BCUT2D eigenvalue weighted by Crippen LogP contribution is -2.50. The molecule has 1 aliphatic heterocycles. The van der Waals surface area contributed by atoms with Crippen LogP contribution >= 0.6 is 12.4 Å². The summed E-state index contributed by atoms with van der Waals surface area (Å²) in [6.45, 7) is 3.98. The van der Waals surface area contributed by atoms with Crippen molar-refractivity contribution in [2.45, 2.75) is 19.4 Å². The van der Waals surface area contributed by atoms with Crippen LogP contribution in [-0.4, -0.2) is 40.0 Å². The van der Waals surface area contributed by atoms with E-state index in [4.69, 9.17) is 0 Å². The normalized spacial score (nSPS) is 21.0. The van der Waals surface area contributed by atoms with Crippen LogP contribution in [0.5, 0.6) is 0 Å². The number of hydrogen-bond acceptors (Lipinski definition) is 4. The van der Waals surface area contributed by atoms with Crippen molar-refractivity contribution in [3.05, 3.63) is 42.2 Å². The first-order valence-electron chi connectivity index (χ1n) is 7.23. The number of amides is 1. The van der Waals surface area contributed by atoms with Gasteiger partial charge in [-0.25, -0.2) is 0 Å². The molecule has 118 valence electrons. The molecule has 1 aliphatic rings. The van der Waals surface area contributed by atoms with Crippen LogP contribution in [0.1, 0.15) is 23.8 Å². The topological polar surface area (TPSA) is 71.8 Å². The van der Waals surface area contributed by atoms with E-state index in [1.165, 1.54) is 11.0 Å². The van der Waals surface area contributed by atoms with Crippen LogP contribution in [0.15, 0.2) is 36.5 Å². The van der Waals surface area contributed by atoms with Gasteiger partial charge in [0.05, 0.1) is 11.9 Å². The van der Waals surface area contributed by atoms with Crippen LogP contribution in [-0.2, 0) is 0 Å². The minimum Gasteiger partial charge on any atom is -0.346 e. The molecule has 0 aliphatic carbocycles. The molecule has 2 atom stereocenters. The lowest BCUT2D eigenvalue weighted by Gasteiger charge is -2.29. The molecule has 1 fully saturated rings. The highest BCUT2D eigenvalue weighted by atomic mass is 35.5. The third kappa shape index (κ3) is 3.64. The Balaban J connectivity index is 0.00000176. The van der Waals surface area contributed by atoms with E-state index in [9.17, 15) is 4.79 Å². The zero-order valence-electron chi connectivity index (χ0n) is 12.4. The van der Waals surface area contributed by atoms with E-state index in [0.29, 0.717) is 11.6 Å². The molecule has 2 aromatic rings. The maximum Gasteiger partial charge on any atom is 0.273 e. The largest absolute Gasteiger partial charge is 0.346 e. The van der Waals surface area contributed by atoms with E-state index < -0.39 is 0 Å². The number of piperidine rings is 1. The Morgan fingerprint density at radius 2 is 2.14 bits per heavy atom. The molecule has 0 spiro atoms. The predicted molar refractivity (Wildman–Crippen MR) is 86.5 cm³/mol. The molecular weight excluding hydrogens is 302 g/mol. The molecule has 6 nitrogen and oxygen atoms in total. The minimum absolute atomic E-state index is 0. The van der Waals surface area contributed by atoms with Crippen molar-refractivity contribution in [2.24, 2.45) is 5.92 Å². The monoisotopic (exact) mass is 321 g/mol. The van der Waals surface area contributed by atoms with Crippen LogP contribution < -0.4 is 10.6 Å². The van der Waals surface area contributed by atoms with Gasteiger partial charge in [0.2, 0.25) is 0 Å². The van der Waals surface area contributed by atoms with E-state index in [1.807, 2.05) is 30.3 Å². The van der Waals surface area contributed by atoms with Crippen molar-refractivity contribution in [3.8, 4) is 5.69 Å². The number of carbonyl (C=O) groups excluding carboxylic acids is 1. The summed E-state index contributed by atoms with van der Waals surface area (Å²) in [6, 6.07) is 9.69. The Morgan fingerprint density at radius 3 is 2.86 bits per heavy atom. The average molecular weight is 322 g/mol. The highest BCUT2D eigenvalue weighted by Gasteiger charge is 2.24. The van der Waals surface area contributed by atoms with Gasteiger partial charge in [-0.15, -0.1) is 17.5 Å². The van der Waals surface area contributed by atoms with Crippen molar-refractivity contribution >= 4 is 18.3 Å². The van der Waals surface area contributed by atoms with Gasteiger partial charge in [-0.3, -0.25) is 4.79 Å². The van der Waals surface area contributed by atoms with E-state index in [-0.39, 0.29) is 24.4 Å². The Morgan fingerprint density at radius 1 is 1.36 bits per heavy atom. The van der Waals surface area contributed by atoms with Gasteiger partial charge in [-0.05, 0) is 31.0 Å². The number of para-hydroxylation sites is 1. The highest BCUT2D eigenvalue weighted by molar-refractivity contribution is 5.92. The zero-order valence-corrected chi connectivity index (χ0v) is 13.2. The summed E-state index contributed by atoms with van der Waals surface area (Å²) in [5.74, 6) is 0.303. The first kappa shape index (κ1) is 16.5. The molecule has 2 heterocycles. The summed E-state index contributed by atoms with van der Waals surface area (Å²) < 4.78 is 0. The molecule has 1 saturated heterocycles. The second-order valence-electron chi connectivity index (χ2n) is 5.40. The van der Waals surface area contributed by atoms with Gasteiger partial charge in [0.15, 0.2) is 5.69 Å². The lowest BCUT2D eigenvalue weighted by atomic mass is 9.95. The van der Waals surface area contributed by atoms with Crippen molar-refractivity contribution in [3.63, 3.8) is 0 Å². The smallest absolute Gasteiger partial charge is 0.273 e. The second-order valence-corrected chi connectivity index (χ2v) is 5.40. The number of hydrogen-bond donors (Lipinski definition) is 2. The van der Waals surface area contributed by atoms with Crippen molar-refractivity contribution in [1.82, 2.24) is 25.6 Å². The zero-order chi connectivity index (χ0) is 14.7. The first-order valence-corrected chi connectivity index (χ1v) is 7.23. The Bertz CT molecular complexity index is 615. The fourth-order valence-electron chi connectivity index (χ4n) is 2.48. The van der Waals surface area contributed by atoms with Crippen LogP contribution in [0, 0.1) is 5.92 Å². The number of nitrogens with zero attached hydrogens (tertiary/aromatic N) is 3. The summed E-state index contributed by atoms with van der Waals surface area (Å²) in [7, 11) is 0. The van der Waals surface area contributed by atoms with E-state index in [1.54, 1.807) is 0 Å². The number of rotatable bonds is 3. The van der Waals surface area contributed by atoms with Gasteiger partial charge >= 0.3 is 0 Å². The van der Waals surface area contributed by atoms with Crippen LogP contribution in [0.2, 0.25) is 0 Å². The third-order valence-electron chi connectivity index (χ3n) is 3.86. The summed E-state index contributed by atoms with van der Waals surface area (Å²) in [6.07, 6.45) is 2.57. The quantitative estimate of drug-likeness (QED) is 0.897. The van der Waals surface area contributed by atoms with Crippen LogP contribution in [0.3, 0.4) is 0 Å². The molecule has 3 rings (SSSR count). The highest BCUT2D eigenvalue weighted by Crippen LogP contribution is 2.12. The Kier molecular flexibility index (Phi) is 5.51. The minimum atomic E-state index is -0.169. The molecule has 1 amide bonds. The molecule has 2 unspecified atom stereocenters. The maximum atomic E-state index is 12.2. The molecule has 22 heavy (non-hydrogen) atoms. The molecule has 1 aromatic carbocycles. The van der Waals surface area contributed by atoms with Gasteiger partial charge in [0.1, 0.15) is 0 Å². The Labute approximate surface area is 135 Å². The van der Waals surface area contributed by atoms with E-state index >= 15 is 0 Å². The fraction of sp³-hybridized carbons (Fsp3) is 0.400. The number of nitrogens with one attached hydrogen (secondary N) is 2.